The Morgan fingerprint density at radius 1 is 1.38 bits per heavy atom. The third-order valence-electron chi connectivity index (χ3n) is 3.45. The highest BCUT2D eigenvalue weighted by atomic mass is 16.1. The zero-order chi connectivity index (χ0) is 9.59. The molecule has 0 spiro atoms. The maximum absolute atomic E-state index is 11.5. The lowest BCUT2D eigenvalue weighted by Gasteiger charge is -2.35. The second kappa shape index (κ2) is 2.95. The van der Waals surface area contributed by atoms with Gasteiger partial charge in [0.15, 0.2) is 5.78 Å². The average Bonchev–Trinajstić information content (AvgIpc) is 2.32. The molecule has 2 nitrogen and oxygen atoms in total. The largest absolute Gasteiger partial charge is 0.305 e. The number of carbonyl (C=O) groups excluding carboxylic acids is 1. The summed E-state index contributed by atoms with van der Waals surface area (Å²) in [6.45, 7) is 6.44. The van der Waals surface area contributed by atoms with Crippen molar-refractivity contribution in [1.82, 2.24) is 4.90 Å². The molecule has 13 heavy (non-hydrogen) atoms. The van der Waals surface area contributed by atoms with Crippen LogP contribution in [0.2, 0.25) is 0 Å². The number of fused-ring (bicyclic) bond motifs is 1. The molecule has 0 aromatic rings. The van der Waals surface area contributed by atoms with E-state index in [2.05, 4.69) is 25.8 Å². The fourth-order valence-electron chi connectivity index (χ4n) is 2.64. The standard InChI is InChI=1S/C11H17NO/c1-7-5-12(3)6-10-8(2)11(13)4-9(7)10/h4,7-8,10H,5-6H2,1-3H3/t7-,8?,10?/m0/s1. The van der Waals surface area contributed by atoms with Crippen molar-refractivity contribution in [3.05, 3.63) is 11.6 Å². The van der Waals surface area contributed by atoms with Gasteiger partial charge in [-0.25, -0.2) is 0 Å². The summed E-state index contributed by atoms with van der Waals surface area (Å²) in [6.07, 6.45) is 1.90. The quantitative estimate of drug-likeness (QED) is 0.559. The van der Waals surface area contributed by atoms with Gasteiger partial charge in [0.2, 0.25) is 0 Å². The van der Waals surface area contributed by atoms with Gasteiger partial charge in [0.1, 0.15) is 0 Å². The van der Waals surface area contributed by atoms with Crippen LogP contribution in [0.3, 0.4) is 0 Å². The number of piperidine rings is 1. The molecule has 0 bridgehead atoms. The number of allylic oxidation sites excluding steroid dienone is 1. The van der Waals surface area contributed by atoms with Crippen LogP contribution in [0.25, 0.3) is 0 Å². The van der Waals surface area contributed by atoms with Crippen LogP contribution < -0.4 is 0 Å². The molecule has 3 atom stereocenters. The molecule has 2 aliphatic rings. The van der Waals surface area contributed by atoms with E-state index in [4.69, 9.17) is 0 Å². The summed E-state index contributed by atoms with van der Waals surface area (Å²) in [5.41, 5.74) is 1.40. The molecular formula is C11H17NO. The topological polar surface area (TPSA) is 20.3 Å². The van der Waals surface area contributed by atoms with Crippen LogP contribution in [-0.4, -0.2) is 30.8 Å². The summed E-state index contributed by atoms with van der Waals surface area (Å²) in [5.74, 6) is 1.63. The first-order valence-electron chi connectivity index (χ1n) is 5.03. The predicted molar refractivity (Wildman–Crippen MR) is 52.4 cm³/mol. The van der Waals surface area contributed by atoms with Gasteiger partial charge in [-0.3, -0.25) is 4.79 Å². The zero-order valence-electron chi connectivity index (χ0n) is 8.58. The summed E-state index contributed by atoms with van der Waals surface area (Å²) in [7, 11) is 2.14. The Hall–Kier alpha value is -0.630. The highest BCUT2D eigenvalue weighted by Crippen LogP contribution is 2.37. The summed E-state index contributed by atoms with van der Waals surface area (Å²) < 4.78 is 0. The van der Waals surface area contributed by atoms with Gasteiger partial charge in [0.05, 0.1) is 0 Å². The molecule has 72 valence electrons. The molecule has 1 saturated heterocycles. The maximum atomic E-state index is 11.5. The van der Waals surface area contributed by atoms with E-state index in [1.54, 1.807) is 0 Å². The number of hydrogen-bond acceptors (Lipinski definition) is 2. The van der Waals surface area contributed by atoms with Gasteiger partial charge in [-0.1, -0.05) is 19.4 Å². The molecule has 0 saturated carbocycles. The number of nitrogens with zero attached hydrogens (tertiary/aromatic N) is 1. The van der Waals surface area contributed by atoms with Crippen molar-refractivity contribution in [2.24, 2.45) is 17.8 Å². The first-order chi connectivity index (χ1) is 6.09. The van der Waals surface area contributed by atoms with Crippen molar-refractivity contribution < 1.29 is 4.79 Å². The molecule has 0 radical (unpaired) electrons. The molecule has 1 aliphatic heterocycles. The lowest BCUT2D eigenvalue weighted by Crippen LogP contribution is -2.39. The van der Waals surface area contributed by atoms with Crippen molar-refractivity contribution in [3.63, 3.8) is 0 Å². The summed E-state index contributed by atoms with van der Waals surface area (Å²) in [6, 6.07) is 0. The fourth-order valence-corrected chi connectivity index (χ4v) is 2.64. The monoisotopic (exact) mass is 179 g/mol. The molecule has 2 heteroatoms. The van der Waals surface area contributed by atoms with Crippen LogP contribution >= 0.6 is 0 Å². The van der Waals surface area contributed by atoms with Gasteiger partial charge in [-0.2, -0.15) is 0 Å². The second-order valence-corrected chi connectivity index (χ2v) is 4.56. The first kappa shape index (κ1) is 8.95. The molecule has 0 amide bonds. The lowest BCUT2D eigenvalue weighted by atomic mass is 9.82. The van der Waals surface area contributed by atoms with Crippen LogP contribution in [0, 0.1) is 17.8 Å². The van der Waals surface area contributed by atoms with Crippen molar-refractivity contribution in [1.29, 1.82) is 0 Å². The van der Waals surface area contributed by atoms with Gasteiger partial charge in [0.25, 0.3) is 0 Å². The van der Waals surface area contributed by atoms with E-state index in [0.717, 1.165) is 13.1 Å². The highest BCUT2D eigenvalue weighted by Gasteiger charge is 2.38. The van der Waals surface area contributed by atoms with Gasteiger partial charge in [-0.15, -0.1) is 0 Å². The van der Waals surface area contributed by atoms with Crippen LogP contribution in [-0.2, 0) is 4.79 Å². The van der Waals surface area contributed by atoms with Gasteiger partial charge in [0, 0.05) is 24.9 Å². The molecule has 0 aromatic carbocycles. The zero-order valence-corrected chi connectivity index (χ0v) is 8.58. The van der Waals surface area contributed by atoms with Crippen molar-refractivity contribution in [2.45, 2.75) is 13.8 Å². The molecule has 0 aromatic heterocycles. The minimum absolute atomic E-state index is 0.222. The fraction of sp³-hybridized carbons (Fsp3) is 0.727. The molecule has 2 unspecified atom stereocenters. The van der Waals surface area contributed by atoms with Gasteiger partial charge < -0.3 is 4.90 Å². The maximum Gasteiger partial charge on any atom is 0.159 e. The molecule has 1 fully saturated rings. The number of hydrogen-bond donors (Lipinski definition) is 0. The first-order valence-corrected chi connectivity index (χ1v) is 5.03. The second-order valence-electron chi connectivity index (χ2n) is 4.56. The Bertz CT molecular complexity index is 269. The molecule has 1 aliphatic carbocycles. The van der Waals surface area contributed by atoms with Crippen LogP contribution in [0.15, 0.2) is 11.6 Å². The van der Waals surface area contributed by atoms with Crippen LogP contribution in [0.5, 0.6) is 0 Å². The van der Waals surface area contributed by atoms with E-state index in [-0.39, 0.29) is 5.92 Å². The van der Waals surface area contributed by atoms with Crippen LogP contribution in [0.1, 0.15) is 13.8 Å². The Labute approximate surface area is 79.6 Å². The summed E-state index contributed by atoms with van der Waals surface area (Å²) in [5, 5.41) is 0. The average molecular weight is 179 g/mol. The third kappa shape index (κ3) is 1.33. The number of rotatable bonds is 0. The number of likely N-dealkylation sites (tertiary alicyclic amines) is 1. The number of ketones is 1. The molecule has 2 rings (SSSR count). The van der Waals surface area contributed by atoms with E-state index < -0.39 is 0 Å². The molecule has 0 N–H and O–H groups in total. The minimum Gasteiger partial charge on any atom is -0.305 e. The number of carbonyl (C=O) groups is 1. The van der Waals surface area contributed by atoms with Crippen molar-refractivity contribution >= 4 is 5.78 Å². The third-order valence-corrected chi connectivity index (χ3v) is 3.45. The summed E-state index contributed by atoms with van der Waals surface area (Å²) >= 11 is 0. The van der Waals surface area contributed by atoms with Crippen molar-refractivity contribution in [3.8, 4) is 0 Å². The Kier molecular flexibility index (Phi) is 2.03. The Morgan fingerprint density at radius 3 is 2.77 bits per heavy atom. The van der Waals surface area contributed by atoms with E-state index in [1.807, 2.05) is 6.08 Å². The van der Waals surface area contributed by atoms with E-state index in [9.17, 15) is 4.79 Å². The Morgan fingerprint density at radius 2 is 2.08 bits per heavy atom. The lowest BCUT2D eigenvalue weighted by molar-refractivity contribution is -0.117. The highest BCUT2D eigenvalue weighted by molar-refractivity contribution is 5.95. The van der Waals surface area contributed by atoms with Gasteiger partial charge in [-0.05, 0) is 19.0 Å². The van der Waals surface area contributed by atoms with E-state index in [1.165, 1.54) is 5.57 Å². The van der Waals surface area contributed by atoms with Crippen molar-refractivity contribution in [2.75, 3.05) is 20.1 Å². The van der Waals surface area contributed by atoms with Crippen LogP contribution in [0.4, 0.5) is 0 Å². The smallest absolute Gasteiger partial charge is 0.159 e. The predicted octanol–water partition coefficient (Wildman–Crippen LogP) is 1.33. The normalized spacial score (nSPS) is 40.4. The minimum atomic E-state index is 0.222. The molecule has 1 heterocycles. The summed E-state index contributed by atoms with van der Waals surface area (Å²) in [4.78, 5) is 13.8. The van der Waals surface area contributed by atoms with Gasteiger partial charge >= 0.3 is 0 Å². The SMILES string of the molecule is CC1C(=O)C=C2C1CN(C)C[C@@H]2C. The Balaban J connectivity index is 2.26. The molecular weight excluding hydrogens is 162 g/mol. The van der Waals surface area contributed by atoms with E-state index >= 15 is 0 Å². The van der Waals surface area contributed by atoms with E-state index in [0.29, 0.717) is 17.6 Å².